The van der Waals surface area contributed by atoms with E-state index in [1.807, 2.05) is 0 Å². The van der Waals surface area contributed by atoms with E-state index < -0.39 is 0 Å². The molecule has 1 aliphatic heterocycles. The van der Waals surface area contributed by atoms with E-state index in [4.69, 9.17) is 10.5 Å². The number of benzene rings is 1. The van der Waals surface area contributed by atoms with E-state index in [-0.39, 0.29) is 11.9 Å². The lowest BCUT2D eigenvalue weighted by atomic mass is 10.0. The summed E-state index contributed by atoms with van der Waals surface area (Å²) in [5.74, 6) is -0.225. The Bertz CT molecular complexity index is 424. The Morgan fingerprint density at radius 3 is 2.79 bits per heavy atom. The van der Waals surface area contributed by atoms with Crippen molar-refractivity contribution in [2.45, 2.75) is 24.9 Å². The highest BCUT2D eigenvalue weighted by molar-refractivity contribution is 9.10. The van der Waals surface area contributed by atoms with Crippen LogP contribution in [-0.4, -0.2) is 37.7 Å². The molecule has 1 aliphatic rings. The van der Waals surface area contributed by atoms with Gasteiger partial charge in [0, 0.05) is 36.3 Å². The molecule has 1 unspecified atom stereocenters. The van der Waals surface area contributed by atoms with Gasteiger partial charge in [-0.05, 0) is 43.7 Å². The van der Waals surface area contributed by atoms with Crippen LogP contribution in [0.4, 0.5) is 4.39 Å². The Balaban J connectivity index is 2.20. The van der Waals surface area contributed by atoms with E-state index in [1.165, 1.54) is 6.07 Å². The molecule has 5 heteroatoms. The molecule has 0 amide bonds. The smallest absolute Gasteiger partial charge is 0.123 e. The maximum Gasteiger partial charge on any atom is 0.123 e. The molecule has 3 nitrogen and oxygen atoms in total. The Labute approximate surface area is 122 Å². The van der Waals surface area contributed by atoms with Crippen LogP contribution in [0, 0.1) is 5.82 Å². The molecule has 0 saturated carbocycles. The van der Waals surface area contributed by atoms with E-state index in [0.717, 1.165) is 36.1 Å². The van der Waals surface area contributed by atoms with Crippen molar-refractivity contribution >= 4 is 15.9 Å². The first-order chi connectivity index (χ1) is 9.13. The summed E-state index contributed by atoms with van der Waals surface area (Å²) in [6.45, 7) is 2.04. The molecule has 1 saturated heterocycles. The Kier molecular flexibility index (Phi) is 5.33. The van der Waals surface area contributed by atoms with Crippen LogP contribution in [0.15, 0.2) is 22.7 Å². The summed E-state index contributed by atoms with van der Waals surface area (Å²) in [5, 5.41) is 0. The summed E-state index contributed by atoms with van der Waals surface area (Å²) >= 11 is 3.49. The summed E-state index contributed by atoms with van der Waals surface area (Å²) in [4.78, 5) is 2.25. The van der Waals surface area contributed by atoms with Crippen LogP contribution in [-0.2, 0) is 4.74 Å². The van der Waals surface area contributed by atoms with Crippen molar-refractivity contribution in [2.24, 2.45) is 5.73 Å². The van der Waals surface area contributed by atoms with Crippen LogP contribution in [0.2, 0.25) is 0 Å². The molecular formula is C14H20BrFN2O. The zero-order valence-corrected chi connectivity index (χ0v) is 12.7. The van der Waals surface area contributed by atoms with Gasteiger partial charge in [-0.15, -0.1) is 0 Å². The average Bonchev–Trinajstić information content (AvgIpc) is 2.44. The van der Waals surface area contributed by atoms with Gasteiger partial charge in [-0.3, -0.25) is 4.90 Å². The SMILES string of the molecule is CN(C1CCOCC1)C(CN)c1cc(F)ccc1Br. The number of hydrogen-bond acceptors (Lipinski definition) is 3. The lowest BCUT2D eigenvalue weighted by molar-refractivity contribution is 0.0292. The molecule has 2 rings (SSSR count). The molecule has 2 N–H and O–H groups in total. The number of rotatable bonds is 4. The van der Waals surface area contributed by atoms with Crippen molar-refractivity contribution in [2.75, 3.05) is 26.8 Å². The lowest BCUT2D eigenvalue weighted by Crippen LogP contribution is -2.41. The Morgan fingerprint density at radius 2 is 2.16 bits per heavy atom. The van der Waals surface area contributed by atoms with Gasteiger partial charge in [0.25, 0.3) is 0 Å². The van der Waals surface area contributed by atoms with Crippen LogP contribution >= 0.6 is 15.9 Å². The number of nitrogens with zero attached hydrogens (tertiary/aromatic N) is 1. The van der Waals surface area contributed by atoms with Crippen LogP contribution in [0.5, 0.6) is 0 Å². The van der Waals surface area contributed by atoms with Gasteiger partial charge in [0.05, 0.1) is 0 Å². The van der Waals surface area contributed by atoms with Gasteiger partial charge in [-0.25, -0.2) is 4.39 Å². The minimum Gasteiger partial charge on any atom is -0.381 e. The van der Waals surface area contributed by atoms with Crippen molar-refractivity contribution < 1.29 is 9.13 Å². The molecule has 0 aliphatic carbocycles. The van der Waals surface area contributed by atoms with E-state index in [0.29, 0.717) is 12.6 Å². The van der Waals surface area contributed by atoms with Crippen LogP contribution < -0.4 is 5.73 Å². The highest BCUT2D eigenvalue weighted by atomic mass is 79.9. The summed E-state index contributed by atoms with van der Waals surface area (Å²) < 4.78 is 19.7. The van der Waals surface area contributed by atoms with Crippen molar-refractivity contribution in [3.05, 3.63) is 34.1 Å². The lowest BCUT2D eigenvalue weighted by Gasteiger charge is -2.37. The number of likely N-dealkylation sites (N-methyl/N-ethyl adjacent to an activating group) is 1. The van der Waals surface area contributed by atoms with Gasteiger partial charge in [-0.1, -0.05) is 15.9 Å². The quantitative estimate of drug-likeness (QED) is 0.922. The standard InChI is InChI=1S/C14H20BrFN2O/c1-18(11-4-6-19-7-5-11)14(9-17)12-8-10(16)2-3-13(12)15/h2-3,8,11,14H,4-7,9,17H2,1H3. The van der Waals surface area contributed by atoms with Crippen LogP contribution in [0.1, 0.15) is 24.4 Å². The zero-order chi connectivity index (χ0) is 13.8. The highest BCUT2D eigenvalue weighted by Gasteiger charge is 2.26. The summed E-state index contributed by atoms with van der Waals surface area (Å²) in [5.41, 5.74) is 6.83. The summed E-state index contributed by atoms with van der Waals surface area (Å²) in [6.07, 6.45) is 2.00. The molecule has 0 aromatic heterocycles. The van der Waals surface area contributed by atoms with Gasteiger partial charge in [0.15, 0.2) is 0 Å². The molecule has 0 spiro atoms. The second-order valence-corrected chi connectivity index (χ2v) is 5.78. The molecule has 1 aromatic carbocycles. The number of halogens is 2. The monoisotopic (exact) mass is 330 g/mol. The maximum atomic E-state index is 13.4. The first kappa shape index (κ1) is 14.9. The fourth-order valence-electron chi connectivity index (χ4n) is 2.63. The molecular weight excluding hydrogens is 311 g/mol. The first-order valence-corrected chi connectivity index (χ1v) is 7.37. The molecule has 1 fully saturated rings. The zero-order valence-electron chi connectivity index (χ0n) is 11.1. The number of hydrogen-bond donors (Lipinski definition) is 1. The third-order valence-electron chi connectivity index (χ3n) is 3.80. The van der Waals surface area contributed by atoms with E-state index in [1.54, 1.807) is 12.1 Å². The highest BCUT2D eigenvalue weighted by Crippen LogP contribution is 2.30. The van der Waals surface area contributed by atoms with Gasteiger partial charge in [0.2, 0.25) is 0 Å². The molecule has 1 atom stereocenters. The topological polar surface area (TPSA) is 38.5 Å². The predicted molar refractivity (Wildman–Crippen MR) is 77.5 cm³/mol. The molecule has 19 heavy (non-hydrogen) atoms. The van der Waals surface area contributed by atoms with Crippen molar-refractivity contribution in [1.82, 2.24) is 4.90 Å². The van der Waals surface area contributed by atoms with Gasteiger partial charge < -0.3 is 10.5 Å². The maximum absolute atomic E-state index is 13.4. The van der Waals surface area contributed by atoms with E-state index >= 15 is 0 Å². The number of nitrogens with two attached hydrogens (primary N) is 1. The largest absolute Gasteiger partial charge is 0.381 e. The third kappa shape index (κ3) is 3.54. The third-order valence-corrected chi connectivity index (χ3v) is 4.52. The van der Waals surface area contributed by atoms with Gasteiger partial charge in [-0.2, -0.15) is 0 Å². The van der Waals surface area contributed by atoms with Crippen molar-refractivity contribution in [3.63, 3.8) is 0 Å². The molecule has 0 radical (unpaired) electrons. The normalized spacial score (nSPS) is 18.8. The Morgan fingerprint density at radius 1 is 1.47 bits per heavy atom. The van der Waals surface area contributed by atoms with Gasteiger partial charge in [0.1, 0.15) is 5.82 Å². The minimum absolute atomic E-state index is 0.0215. The second-order valence-electron chi connectivity index (χ2n) is 4.93. The van der Waals surface area contributed by atoms with Crippen molar-refractivity contribution in [1.29, 1.82) is 0 Å². The predicted octanol–water partition coefficient (Wildman–Crippen LogP) is 2.70. The molecule has 106 valence electrons. The second kappa shape index (κ2) is 6.79. The molecule has 0 bridgehead atoms. The van der Waals surface area contributed by atoms with E-state index in [2.05, 4.69) is 27.9 Å². The first-order valence-electron chi connectivity index (χ1n) is 6.58. The molecule has 1 heterocycles. The van der Waals surface area contributed by atoms with E-state index in [9.17, 15) is 4.39 Å². The van der Waals surface area contributed by atoms with Gasteiger partial charge >= 0.3 is 0 Å². The minimum atomic E-state index is -0.225. The average molecular weight is 331 g/mol. The molecule has 1 aromatic rings. The summed E-state index contributed by atoms with van der Waals surface area (Å²) in [7, 11) is 2.06. The van der Waals surface area contributed by atoms with Crippen molar-refractivity contribution in [3.8, 4) is 0 Å². The summed E-state index contributed by atoms with van der Waals surface area (Å²) in [6, 6.07) is 5.23. The fraction of sp³-hybridized carbons (Fsp3) is 0.571. The number of ether oxygens (including phenoxy) is 1. The fourth-order valence-corrected chi connectivity index (χ4v) is 3.14. The van der Waals surface area contributed by atoms with Crippen LogP contribution in [0.25, 0.3) is 0 Å². The Hall–Kier alpha value is -0.490. The van der Waals surface area contributed by atoms with Crippen LogP contribution in [0.3, 0.4) is 0 Å².